The number of nitrogens with zero attached hydrogens (tertiary/aromatic N) is 2. The fourth-order valence-electron chi connectivity index (χ4n) is 1.91. The van der Waals surface area contributed by atoms with E-state index in [-0.39, 0.29) is 0 Å². The summed E-state index contributed by atoms with van der Waals surface area (Å²) < 4.78 is 0. The summed E-state index contributed by atoms with van der Waals surface area (Å²) in [7, 11) is 0. The fraction of sp³-hybridized carbons (Fsp3) is 0.467. The second-order valence-corrected chi connectivity index (χ2v) is 7.30. The molecule has 0 spiro atoms. The van der Waals surface area contributed by atoms with Gasteiger partial charge < -0.3 is 5.32 Å². The number of rotatable bonds is 7. The number of aryl methyl sites for hydroxylation is 1. The maximum atomic E-state index is 4.23. The van der Waals surface area contributed by atoms with Crippen LogP contribution in [0.15, 0.2) is 24.3 Å². The second kappa shape index (κ2) is 6.59. The van der Waals surface area contributed by atoms with E-state index in [9.17, 15) is 0 Å². The van der Waals surface area contributed by atoms with Crippen LogP contribution in [0.4, 0.5) is 5.13 Å². The molecule has 2 aromatic rings. The van der Waals surface area contributed by atoms with Crippen molar-refractivity contribution in [1.29, 1.82) is 0 Å². The van der Waals surface area contributed by atoms with E-state index < -0.39 is 0 Å². The van der Waals surface area contributed by atoms with Crippen molar-refractivity contribution >= 4 is 28.2 Å². The van der Waals surface area contributed by atoms with E-state index in [1.54, 1.807) is 11.3 Å². The van der Waals surface area contributed by atoms with Crippen LogP contribution in [0.1, 0.15) is 34.9 Å². The molecule has 1 aromatic heterocycles. The summed E-state index contributed by atoms with van der Waals surface area (Å²) in [5.41, 5.74) is 2.72. The summed E-state index contributed by atoms with van der Waals surface area (Å²) in [6, 6.07) is 8.77. The topological polar surface area (TPSA) is 37.8 Å². The molecule has 1 heterocycles. The van der Waals surface area contributed by atoms with Gasteiger partial charge in [-0.05, 0) is 25.3 Å². The van der Waals surface area contributed by atoms with Crippen LogP contribution in [0.3, 0.4) is 0 Å². The lowest BCUT2D eigenvalue weighted by Gasteiger charge is -2.03. The molecule has 1 aromatic carbocycles. The van der Waals surface area contributed by atoms with Crippen LogP contribution < -0.4 is 5.32 Å². The Kier molecular flexibility index (Phi) is 4.58. The predicted octanol–water partition coefficient (Wildman–Crippen LogP) is 4.07. The number of benzene rings is 1. The first kappa shape index (κ1) is 13.9. The quantitative estimate of drug-likeness (QED) is 0.783. The standard InChI is InChI=1S/C15H19N3S2/c1-11-2-4-12(5-3-11)10-19-9-8-16-15-18-17-14(20-15)13-6-7-13/h2-5,13H,6-10H2,1H3,(H,16,18). The summed E-state index contributed by atoms with van der Waals surface area (Å²) in [6.45, 7) is 3.08. The summed E-state index contributed by atoms with van der Waals surface area (Å²) in [5, 5.41) is 14.0. The van der Waals surface area contributed by atoms with E-state index >= 15 is 0 Å². The summed E-state index contributed by atoms with van der Waals surface area (Å²) in [4.78, 5) is 0. The maximum absolute atomic E-state index is 4.23. The lowest BCUT2D eigenvalue weighted by Crippen LogP contribution is -2.03. The smallest absolute Gasteiger partial charge is 0.205 e. The van der Waals surface area contributed by atoms with Crippen molar-refractivity contribution in [2.75, 3.05) is 17.6 Å². The second-order valence-electron chi connectivity index (χ2n) is 5.18. The minimum atomic E-state index is 0.707. The van der Waals surface area contributed by atoms with Crippen LogP contribution in [0, 0.1) is 6.92 Å². The molecule has 1 saturated carbocycles. The highest BCUT2D eigenvalue weighted by Gasteiger charge is 2.27. The first-order valence-corrected chi connectivity index (χ1v) is 8.99. The molecule has 1 N–H and O–H groups in total. The lowest BCUT2D eigenvalue weighted by atomic mass is 10.2. The first-order valence-electron chi connectivity index (χ1n) is 7.02. The molecule has 0 atom stereocenters. The fourth-order valence-corrected chi connectivity index (χ4v) is 3.66. The number of nitrogens with one attached hydrogen (secondary N) is 1. The monoisotopic (exact) mass is 305 g/mol. The van der Waals surface area contributed by atoms with Crippen LogP contribution in [0.2, 0.25) is 0 Å². The van der Waals surface area contributed by atoms with Gasteiger partial charge >= 0.3 is 0 Å². The largest absolute Gasteiger partial charge is 0.359 e. The minimum absolute atomic E-state index is 0.707. The molecular formula is C15H19N3S2. The highest BCUT2D eigenvalue weighted by atomic mass is 32.2. The SMILES string of the molecule is Cc1ccc(CSCCNc2nnc(C3CC3)s2)cc1. The van der Waals surface area contributed by atoms with Gasteiger partial charge in [0.1, 0.15) is 5.01 Å². The molecule has 0 unspecified atom stereocenters. The Labute approximate surface area is 128 Å². The molecule has 3 nitrogen and oxygen atoms in total. The van der Waals surface area contributed by atoms with Crippen molar-refractivity contribution in [2.24, 2.45) is 0 Å². The van der Waals surface area contributed by atoms with Gasteiger partial charge in [-0.3, -0.25) is 0 Å². The molecule has 3 rings (SSSR count). The molecule has 0 bridgehead atoms. The minimum Gasteiger partial charge on any atom is -0.359 e. The molecule has 0 aliphatic heterocycles. The average molecular weight is 305 g/mol. The van der Waals surface area contributed by atoms with Gasteiger partial charge in [-0.15, -0.1) is 10.2 Å². The van der Waals surface area contributed by atoms with Gasteiger partial charge in [0.05, 0.1) is 0 Å². The Morgan fingerprint density at radius 2 is 2.05 bits per heavy atom. The molecule has 5 heteroatoms. The molecule has 1 fully saturated rings. The van der Waals surface area contributed by atoms with E-state index in [2.05, 4.69) is 46.7 Å². The Bertz CT molecular complexity index is 547. The number of hydrogen-bond acceptors (Lipinski definition) is 5. The molecule has 0 amide bonds. The maximum Gasteiger partial charge on any atom is 0.205 e. The van der Waals surface area contributed by atoms with Crippen molar-refractivity contribution in [3.8, 4) is 0 Å². The molecular weight excluding hydrogens is 286 g/mol. The van der Waals surface area contributed by atoms with Crippen molar-refractivity contribution in [3.05, 3.63) is 40.4 Å². The van der Waals surface area contributed by atoms with Gasteiger partial charge in [0.25, 0.3) is 0 Å². The third kappa shape index (κ3) is 3.96. The first-order chi connectivity index (χ1) is 9.81. The van der Waals surface area contributed by atoms with E-state index in [1.165, 1.54) is 29.0 Å². The van der Waals surface area contributed by atoms with Crippen LogP contribution in [-0.4, -0.2) is 22.5 Å². The Morgan fingerprint density at radius 3 is 2.80 bits per heavy atom. The van der Waals surface area contributed by atoms with Crippen LogP contribution in [0.25, 0.3) is 0 Å². The van der Waals surface area contributed by atoms with Gasteiger partial charge in [-0.2, -0.15) is 11.8 Å². The Morgan fingerprint density at radius 1 is 1.25 bits per heavy atom. The number of anilines is 1. The van der Waals surface area contributed by atoms with Crippen molar-refractivity contribution in [1.82, 2.24) is 10.2 Å². The van der Waals surface area contributed by atoms with E-state index in [0.717, 1.165) is 23.2 Å². The normalized spacial score (nSPS) is 14.4. The molecule has 0 radical (unpaired) electrons. The summed E-state index contributed by atoms with van der Waals surface area (Å²) >= 11 is 3.67. The lowest BCUT2D eigenvalue weighted by molar-refractivity contribution is 0.972. The van der Waals surface area contributed by atoms with Gasteiger partial charge in [0, 0.05) is 24.0 Å². The molecule has 106 valence electrons. The van der Waals surface area contributed by atoms with E-state index in [4.69, 9.17) is 0 Å². The number of hydrogen-bond donors (Lipinski definition) is 1. The van der Waals surface area contributed by atoms with E-state index in [1.807, 2.05) is 11.8 Å². The summed E-state index contributed by atoms with van der Waals surface area (Å²) in [5.74, 6) is 2.87. The Hall–Kier alpha value is -1.07. The van der Waals surface area contributed by atoms with Crippen LogP contribution in [0.5, 0.6) is 0 Å². The number of thioether (sulfide) groups is 1. The van der Waals surface area contributed by atoms with Crippen molar-refractivity contribution in [3.63, 3.8) is 0 Å². The van der Waals surface area contributed by atoms with Gasteiger partial charge in [-0.1, -0.05) is 41.2 Å². The van der Waals surface area contributed by atoms with Gasteiger partial charge in [-0.25, -0.2) is 0 Å². The zero-order valence-electron chi connectivity index (χ0n) is 11.6. The van der Waals surface area contributed by atoms with Crippen molar-refractivity contribution in [2.45, 2.75) is 31.4 Å². The molecule has 20 heavy (non-hydrogen) atoms. The van der Waals surface area contributed by atoms with Gasteiger partial charge in [0.2, 0.25) is 5.13 Å². The van der Waals surface area contributed by atoms with Crippen LogP contribution >= 0.6 is 23.1 Å². The zero-order valence-corrected chi connectivity index (χ0v) is 13.3. The zero-order chi connectivity index (χ0) is 13.8. The van der Waals surface area contributed by atoms with Gasteiger partial charge in [0.15, 0.2) is 0 Å². The Balaban J connectivity index is 1.34. The molecule has 0 saturated heterocycles. The molecule has 1 aliphatic rings. The highest BCUT2D eigenvalue weighted by Crippen LogP contribution is 2.41. The molecule has 1 aliphatic carbocycles. The highest BCUT2D eigenvalue weighted by molar-refractivity contribution is 7.98. The van der Waals surface area contributed by atoms with Crippen molar-refractivity contribution < 1.29 is 0 Å². The average Bonchev–Trinajstić information content (AvgIpc) is 3.20. The summed E-state index contributed by atoms with van der Waals surface area (Å²) in [6.07, 6.45) is 2.59. The number of aromatic nitrogens is 2. The predicted molar refractivity (Wildman–Crippen MR) is 87.7 cm³/mol. The van der Waals surface area contributed by atoms with Crippen LogP contribution in [-0.2, 0) is 5.75 Å². The third-order valence-corrected chi connectivity index (χ3v) is 5.35. The van der Waals surface area contributed by atoms with E-state index in [0.29, 0.717) is 5.92 Å². The third-order valence-electron chi connectivity index (χ3n) is 3.28.